The van der Waals surface area contributed by atoms with Crippen LogP contribution in [0.2, 0.25) is 0 Å². The molecule has 0 aliphatic heterocycles. The van der Waals surface area contributed by atoms with E-state index < -0.39 is 0 Å². The zero-order valence-corrected chi connectivity index (χ0v) is 17.8. The average molecular weight is 393 g/mol. The number of nitrogens with one attached hydrogen (secondary N) is 2. The third-order valence-electron chi connectivity index (χ3n) is 4.96. The minimum atomic E-state index is -0.0261. The van der Waals surface area contributed by atoms with E-state index >= 15 is 0 Å². The third-order valence-corrected chi connectivity index (χ3v) is 5.89. The monoisotopic (exact) mass is 392 g/mol. The van der Waals surface area contributed by atoms with Gasteiger partial charge in [-0.15, -0.1) is 11.3 Å². The van der Waals surface area contributed by atoms with E-state index in [4.69, 9.17) is 0 Å². The highest BCUT2D eigenvalue weighted by atomic mass is 32.1. The summed E-state index contributed by atoms with van der Waals surface area (Å²) in [6.07, 6.45) is 1.02. The van der Waals surface area contributed by atoms with Crippen molar-refractivity contribution < 1.29 is 4.79 Å². The summed E-state index contributed by atoms with van der Waals surface area (Å²) >= 11 is 1.70. The van der Waals surface area contributed by atoms with Gasteiger partial charge in [-0.2, -0.15) is 0 Å². The molecule has 1 amide bonds. The van der Waals surface area contributed by atoms with Crippen LogP contribution >= 0.6 is 11.3 Å². The largest absolute Gasteiger partial charge is 0.324 e. The molecule has 0 unspecified atom stereocenters. The molecule has 1 heterocycles. The highest BCUT2D eigenvalue weighted by molar-refractivity contribution is 7.10. The summed E-state index contributed by atoms with van der Waals surface area (Å²) in [5.41, 5.74) is 6.80. The fraction of sp³-hybridized carbons (Fsp3) is 0.292. The second kappa shape index (κ2) is 9.18. The van der Waals surface area contributed by atoms with Gasteiger partial charge < -0.3 is 5.32 Å². The lowest BCUT2D eigenvalue weighted by Crippen LogP contribution is -2.32. The molecule has 1 atom stereocenters. The fourth-order valence-electron chi connectivity index (χ4n) is 3.54. The van der Waals surface area contributed by atoms with Crippen LogP contribution in [0.5, 0.6) is 0 Å². The van der Waals surface area contributed by atoms with Crippen molar-refractivity contribution >= 4 is 22.9 Å². The Morgan fingerprint density at radius 3 is 2.29 bits per heavy atom. The lowest BCUT2D eigenvalue weighted by molar-refractivity contribution is -0.115. The van der Waals surface area contributed by atoms with Gasteiger partial charge in [0.25, 0.3) is 0 Å². The first kappa shape index (κ1) is 20.3. The summed E-state index contributed by atoms with van der Waals surface area (Å²) in [6.45, 7) is 8.55. The van der Waals surface area contributed by atoms with Crippen molar-refractivity contribution in [2.75, 3.05) is 11.9 Å². The molecule has 0 aliphatic carbocycles. The maximum atomic E-state index is 12.6. The van der Waals surface area contributed by atoms with Gasteiger partial charge in [0.05, 0.1) is 12.6 Å². The standard InChI is InChI=1S/C24H28N2OS/c1-5-19-8-10-20(11-9-19)24(21-7-6-12-28-21)25-15-22(27)26-23-17(3)13-16(2)14-18(23)4/h6-14,24-25H,5,15H2,1-4H3,(H,26,27)/t24-/m1/s1. The van der Waals surface area contributed by atoms with E-state index in [0.717, 1.165) is 23.2 Å². The van der Waals surface area contributed by atoms with Crippen LogP contribution in [0, 0.1) is 20.8 Å². The highest BCUT2D eigenvalue weighted by Gasteiger charge is 2.17. The highest BCUT2D eigenvalue weighted by Crippen LogP contribution is 2.26. The number of aryl methyl sites for hydroxylation is 4. The molecule has 4 heteroatoms. The molecule has 3 rings (SSSR count). The lowest BCUT2D eigenvalue weighted by Gasteiger charge is -2.19. The van der Waals surface area contributed by atoms with E-state index in [0.29, 0.717) is 0 Å². The van der Waals surface area contributed by atoms with Gasteiger partial charge in [-0.1, -0.05) is 55.0 Å². The van der Waals surface area contributed by atoms with Crippen LogP contribution in [0.1, 0.15) is 45.7 Å². The molecule has 3 aromatic rings. The fourth-order valence-corrected chi connectivity index (χ4v) is 4.37. The molecule has 3 nitrogen and oxygen atoms in total. The van der Waals surface area contributed by atoms with E-state index in [1.54, 1.807) is 11.3 Å². The van der Waals surface area contributed by atoms with Gasteiger partial charge in [0, 0.05) is 10.6 Å². The molecular formula is C24H28N2OS. The molecule has 0 saturated heterocycles. The van der Waals surface area contributed by atoms with Crippen LogP contribution in [0.3, 0.4) is 0 Å². The van der Waals surface area contributed by atoms with E-state index in [2.05, 4.69) is 72.3 Å². The van der Waals surface area contributed by atoms with Gasteiger partial charge in [-0.05, 0) is 60.9 Å². The lowest BCUT2D eigenvalue weighted by atomic mass is 10.0. The molecule has 0 fully saturated rings. The zero-order chi connectivity index (χ0) is 20.1. The normalized spacial score (nSPS) is 12.0. The van der Waals surface area contributed by atoms with Crippen LogP contribution in [-0.2, 0) is 11.2 Å². The predicted octanol–water partition coefficient (Wildman–Crippen LogP) is 5.55. The second-order valence-electron chi connectivity index (χ2n) is 7.25. The molecule has 2 N–H and O–H groups in total. The molecule has 0 spiro atoms. The molecule has 2 aromatic carbocycles. The van der Waals surface area contributed by atoms with Gasteiger partial charge in [0.1, 0.15) is 0 Å². The SMILES string of the molecule is CCc1ccc([C@@H](NCC(=O)Nc2c(C)cc(C)cc2C)c2cccs2)cc1. The molecule has 0 bridgehead atoms. The first-order valence-corrected chi connectivity index (χ1v) is 10.6. The summed E-state index contributed by atoms with van der Waals surface area (Å²) in [4.78, 5) is 13.8. The second-order valence-corrected chi connectivity index (χ2v) is 8.23. The molecule has 28 heavy (non-hydrogen) atoms. The Morgan fingerprint density at radius 1 is 1.04 bits per heavy atom. The van der Waals surface area contributed by atoms with Gasteiger partial charge in [-0.3, -0.25) is 10.1 Å². The van der Waals surface area contributed by atoms with Crippen molar-refractivity contribution in [1.29, 1.82) is 0 Å². The summed E-state index contributed by atoms with van der Waals surface area (Å²) in [6, 6.07) is 17.0. The maximum absolute atomic E-state index is 12.6. The first-order chi connectivity index (χ1) is 13.5. The number of carbonyl (C=O) groups excluding carboxylic acids is 1. The molecular weight excluding hydrogens is 364 g/mol. The Hall–Kier alpha value is -2.43. The van der Waals surface area contributed by atoms with E-state index in [9.17, 15) is 4.79 Å². The van der Waals surface area contributed by atoms with E-state index in [1.165, 1.54) is 21.6 Å². The summed E-state index contributed by atoms with van der Waals surface area (Å²) in [5.74, 6) is -0.0261. The van der Waals surface area contributed by atoms with Gasteiger partial charge >= 0.3 is 0 Å². The average Bonchev–Trinajstić information content (AvgIpc) is 3.20. The zero-order valence-electron chi connectivity index (χ0n) is 17.0. The van der Waals surface area contributed by atoms with Gasteiger partial charge in [0.15, 0.2) is 0 Å². The molecule has 0 aliphatic rings. The summed E-state index contributed by atoms with van der Waals surface area (Å²) in [7, 11) is 0. The van der Waals surface area contributed by atoms with E-state index in [1.807, 2.05) is 19.9 Å². The number of carbonyl (C=O) groups is 1. The number of benzene rings is 2. The van der Waals surface area contributed by atoms with Crippen LogP contribution < -0.4 is 10.6 Å². The minimum absolute atomic E-state index is 0.0110. The van der Waals surface area contributed by atoms with Crippen molar-refractivity contribution in [3.63, 3.8) is 0 Å². The topological polar surface area (TPSA) is 41.1 Å². The van der Waals surface area contributed by atoms with Crippen LogP contribution in [0.25, 0.3) is 0 Å². The summed E-state index contributed by atoms with van der Waals surface area (Å²) in [5, 5.41) is 8.60. The Balaban J connectivity index is 1.72. The van der Waals surface area contributed by atoms with Crippen molar-refractivity contribution in [2.24, 2.45) is 0 Å². The van der Waals surface area contributed by atoms with Crippen molar-refractivity contribution in [3.8, 4) is 0 Å². The number of amides is 1. The van der Waals surface area contributed by atoms with Crippen molar-refractivity contribution in [2.45, 2.75) is 40.2 Å². The smallest absolute Gasteiger partial charge is 0.238 e. The maximum Gasteiger partial charge on any atom is 0.238 e. The minimum Gasteiger partial charge on any atom is -0.324 e. The van der Waals surface area contributed by atoms with Gasteiger partial charge in [0.2, 0.25) is 5.91 Å². The Kier molecular flexibility index (Phi) is 6.65. The number of hydrogen-bond acceptors (Lipinski definition) is 3. The number of hydrogen-bond donors (Lipinski definition) is 2. The van der Waals surface area contributed by atoms with Crippen LogP contribution in [0.4, 0.5) is 5.69 Å². The van der Waals surface area contributed by atoms with Gasteiger partial charge in [-0.25, -0.2) is 0 Å². The van der Waals surface area contributed by atoms with Crippen LogP contribution in [-0.4, -0.2) is 12.5 Å². The number of thiophene rings is 1. The molecule has 146 valence electrons. The Morgan fingerprint density at radius 2 is 1.71 bits per heavy atom. The van der Waals surface area contributed by atoms with Crippen molar-refractivity contribution in [3.05, 3.63) is 86.6 Å². The predicted molar refractivity (Wildman–Crippen MR) is 119 cm³/mol. The Labute approximate surface area is 171 Å². The van der Waals surface area contributed by atoms with E-state index in [-0.39, 0.29) is 18.5 Å². The Bertz CT molecular complexity index is 907. The quantitative estimate of drug-likeness (QED) is 0.553. The van der Waals surface area contributed by atoms with Crippen LogP contribution in [0.15, 0.2) is 53.9 Å². The number of anilines is 1. The first-order valence-electron chi connectivity index (χ1n) is 9.71. The molecule has 0 radical (unpaired) electrons. The third kappa shape index (κ3) is 4.89. The molecule has 1 aromatic heterocycles. The summed E-state index contributed by atoms with van der Waals surface area (Å²) < 4.78 is 0. The number of rotatable bonds is 7. The van der Waals surface area contributed by atoms with Crippen molar-refractivity contribution in [1.82, 2.24) is 5.32 Å². The molecule has 0 saturated carbocycles.